The number of aromatic hydroxyl groups is 3. The van der Waals surface area contributed by atoms with Crippen LogP contribution >= 0.6 is 11.8 Å². The quantitative estimate of drug-likeness (QED) is 0.115. The van der Waals surface area contributed by atoms with E-state index in [1.54, 1.807) is 46.1 Å². The van der Waals surface area contributed by atoms with Crippen molar-refractivity contribution in [3.63, 3.8) is 0 Å². The Balaban J connectivity index is 1.93. The van der Waals surface area contributed by atoms with Gasteiger partial charge in [0, 0.05) is 48.8 Å². The van der Waals surface area contributed by atoms with Crippen LogP contribution in [0.25, 0.3) is 10.8 Å². The third-order valence-corrected chi connectivity index (χ3v) is 11.4. The van der Waals surface area contributed by atoms with E-state index >= 15 is 0 Å². The van der Waals surface area contributed by atoms with Gasteiger partial charge in [0.15, 0.2) is 5.75 Å². The van der Waals surface area contributed by atoms with Crippen molar-refractivity contribution in [1.29, 1.82) is 0 Å². The molecule has 284 valence electrons. The largest absolute Gasteiger partial charge is 0.507 e. The number of allylic oxidation sites excluding steroid dienone is 2. The summed E-state index contributed by atoms with van der Waals surface area (Å²) in [6, 6.07) is 0. The highest BCUT2D eigenvalue weighted by Crippen LogP contribution is 2.57. The second-order valence-electron chi connectivity index (χ2n) is 13.9. The molecule has 5 bridgehead atoms. The number of Topliss-reactive ketones (excluding diaryl/α,β-unsaturated/α-hetero) is 1. The number of phenols is 3. The molecule has 0 saturated carbocycles. The Kier molecular flexibility index (Phi) is 12.3. The summed E-state index contributed by atoms with van der Waals surface area (Å²) in [5.41, 5.74) is -0.0689. The van der Waals surface area contributed by atoms with Crippen LogP contribution in [-0.4, -0.2) is 85.8 Å². The molecule has 0 spiro atoms. The summed E-state index contributed by atoms with van der Waals surface area (Å²) in [5.74, 6) is -9.02. The number of ether oxygens (including phenoxy) is 3. The molecular weight excluding hydrogens is 694 g/mol. The summed E-state index contributed by atoms with van der Waals surface area (Å²) >= 11 is 0.990. The number of ketones is 1. The molecule has 9 unspecified atom stereocenters. The lowest BCUT2D eigenvalue weighted by Gasteiger charge is -2.38. The van der Waals surface area contributed by atoms with Gasteiger partial charge < -0.3 is 50.2 Å². The fourth-order valence-electron chi connectivity index (χ4n) is 7.18. The number of aliphatic hydroxyl groups excluding tert-OH is 2. The van der Waals surface area contributed by atoms with Gasteiger partial charge >= 0.3 is 11.8 Å². The number of aliphatic carboxylic acids is 1. The first-order valence-electron chi connectivity index (χ1n) is 17.0. The normalized spacial score (nSPS) is 30.9. The molecule has 1 amide bonds. The van der Waals surface area contributed by atoms with Gasteiger partial charge in [-0.15, -0.1) is 11.8 Å². The Hall–Kier alpha value is -4.24. The maximum atomic E-state index is 14.1. The van der Waals surface area contributed by atoms with E-state index in [1.165, 1.54) is 46.3 Å². The van der Waals surface area contributed by atoms with Gasteiger partial charge in [-0.2, -0.15) is 0 Å². The van der Waals surface area contributed by atoms with E-state index in [1.807, 2.05) is 0 Å². The van der Waals surface area contributed by atoms with E-state index in [0.29, 0.717) is 0 Å². The van der Waals surface area contributed by atoms with Gasteiger partial charge in [0.2, 0.25) is 0 Å². The lowest BCUT2D eigenvalue weighted by Crippen LogP contribution is -2.43. The number of carboxylic acids is 1. The third-order valence-electron chi connectivity index (χ3n) is 10.6. The number of phenolic OH excluding ortho intramolecular Hbond substituents is 3. The second-order valence-corrected chi connectivity index (χ2v) is 14.7. The highest BCUT2D eigenvalue weighted by atomic mass is 32.2. The molecule has 3 aliphatic rings. The van der Waals surface area contributed by atoms with Crippen molar-refractivity contribution in [2.24, 2.45) is 29.6 Å². The molecule has 3 heterocycles. The molecule has 0 fully saturated rings. The first-order chi connectivity index (χ1) is 24.3. The fourth-order valence-corrected chi connectivity index (χ4v) is 7.82. The van der Waals surface area contributed by atoms with Crippen molar-refractivity contribution in [3.8, 4) is 23.0 Å². The summed E-state index contributed by atoms with van der Waals surface area (Å²) in [6.07, 6.45) is 5.81. The van der Waals surface area contributed by atoms with Crippen LogP contribution in [0.15, 0.2) is 41.0 Å². The van der Waals surface area contributed by atoms with Crippen molar-refractivity contribution >= 4 is 45.9 Å². The first kappa shape index (κ1) is 40.5. The number of carbonyl (C=O) groups excluding carboxylic acids is 2. The van der Waals surface area contributed by atoms with Crippen molar-refractivity contribution in [1.82, 2.24) is 0 Å². The average Bonchev–Trinajstić information content (AvgIpc) is 3.36. The number of aliphatic hydroxyl groups is 2. The smallest absolute Gasteiger partial charge is 0.312 e. The number of benzene rings is 2. The SMILES string of the molecule is COC1C=COC2(C)Oc3c(C)c(O)c4c(O)c(c(SC)c(O)c4c3C2=O)NC(=O)C(C)=C/C=C/C(C)C(O)C(C)C(O)C(C)C(CC(=O)O)C1C. The Labute approximate surface area is 307 Å². The van der Waals surface area contributed by atoms with E-state index in [2.05, 4.69) is 5.32 Å². The van der Waals surface area contributed by atoms with E-state index in [9.17, 15) is 45.0 Å². The lowest BCUT2D eigenvalue weighted by molar-refractivity contribution is -0.140. The van der Waals surface area contributed by atoms with E-state index in [4.69, 9.17) is 14.2 Å². The Morgan fingerprint density at radius 3 is 2.21 bits per heavy atom. The second kappa shape index (κ2) is 15.8. The Morgan fingerprint density at radius 2 is 1.62 bits per heavy atom. The molecule has 0 radical (unpaired) electrons. The molecule has 5 rings (SSSR count). The predicted octanol–water partition coefficient (Wildman–Crippen LogP) is 5.64. The molecule has 14 heteroatoms. The first-order valence-corrected chi connectivity index (χ1v) is 18.2. The molecule has 0 saturated heterocycles. The van der Waals surface area contributed by atoms with Gasteiger partial charge in [0.1, 0.15) is 22.9 Å². The average molecular weight is 744 g/mol. The van der Waals surface area contributed by atoms with E-state index in [-0.39, 0.29) is 50.2 Å². The van der Waals surface area contributed by atoms with Crippen LogP contribution in [0.5, 0.6) is 23.0 Å². The van der Waals surface area contributed by atoms with Crippen molar-refractivity contribution in [2.75, 3.05) is 18.7 Å². The number of thioether (sulfide) groups is 1. The fraction of sp³-hybridized carbons (Fsp3) is 0.500. The summed E-state index contributed by atoms with van der Waals surface area (Å²) in [4.78, 5) is 39.5. The number of nitrogens with one attached hydrogen (secondary N) is 1. The van der Waals surface area contributed by atoms with Gasteiger partial charge in [-0.1, -0.05) is 45.9 Å². The molecule has 0 aliphatic carbocycles. The van der Waals surface area contributed by atoms with E-state index in [0.717, 1.165) is 11.8 Å². The molecule has 2 aromatic rings. The number of hydrogen-bond donors (Lipinski definition) is 7. The number of fused-ring (bicyclic) bond motifs is 14. The van der Waals surface area contributed by atoms with Crippen LogP contribution < -0.4 is 10.1 Å². The highest BCUT2D eigenvalue weighted by molar-refractivity contribution is 7.98. The molecule has 2 aromatic carbocycles. The Morgan fingerprint density at radius 1 is 0.962 bits per heavy atom. The highest BCUT2D eigenvalue weighted by Gasteiger charge is 2.50. The minimum atomic E-state index is -2.00. The topological polar surface area (TPSA) is 212 Å². The zero-order valence-corrected chi connectivity index (χ0v) is 31.6. The van der Waals surface area contributed by atoms with Crippen LogP contribution in [-0.2, 0) is 19.1 Å². The number of methoxy groups -OCH3 is 1. The number of carbonyl (C=O) groups is 3. The van der Waals surface area contributed by atoms with Crippen molar-refractivity contribution in [3.05, 3.63) is 47.3 Å². The molecule has 52 heavy (non-hydrogen) atoms. The summed E-state index contributed by atoms with van der Waals surface area (Å²) in [5, 5.41) is 69.1. The van der Waals surface area contributed by atoms with Crippen molar-refractivity contribution in [2.45, 2.75) is 83.9 Å². The molecule has 0 aromatic heterocycles. The maximum absolute atomic E-state index is 14.1. The van der Waals surface area contributed by atoms with Gasteiger partial charge in [0.05, 0.1) is 40.4 Å². The lowest BCUT2D eigenvalue weighted by atomic mass is 9.72. The van der Waals surface area contributed by atoms with Crippen LogP contribution in [0.4, 0.5) is 5.69 Å². The zero-order chi connectivity index (χ0) is 39.0. The molecule has 13 nitrogen and oxygen atoms in total. The monoisotopic (exact) mass is 743 g/mol. The van der Waals surface area contributed by atoms with Gasteiger partial charge in [-0.25, -0.2) is 0 Å². The standard InChI is InChI=1S/C38H49NO12S/c1-16-11-10-12-17(2)37(48)39-28-32(45)26-25(33(46)35(28)52-9)27-34(21(6)31(26)44)51-38(7,36(27)47)50-14-13-23(49-8)18(3)22(15-24(40)41)19(4)30(43)20(5)29(16)42/h10-14,16,18-20,22-23,29-30,42-46H,15H2,1-9H3,(H,39,48)(H,40,41)/b11-10+,14-13?,17-12?. The minimum Gasteiger partial charge on any atom is -0.507 e. The molecular formula is C38H49NO12S. The van der Waals surface area contributed by atoms with E-state index < -0.39 is 88.6 Å². The van der Waals surface area contributed by atoms with Crippen LogP contribution in [0.2, 0.25) is 0 Å². The predicted molar refractivity (Wildman–Crippen MR) is 196 cm³/mol. The molecule has 3 aliphatic heterocycles. The van der Waals surface area contributed by atoms with Crippen LogP contribution in [0.3, 0.4) is 0 Å². The number of hydrogen-bond acceptors (Lipinski definition) is 12. The molecule has 9 atom stereocenters. The summed E-state index contributed by atoms with van der Waals surface area (Å²) < 4.78 is 17.6. The number of amides is 1. The van der Waals surface area contributed by atoms with Gasteiger partial charge in [-0.3, -0.25) is 14.4 Å². The van der Waals surface area contributed by atoms with Crippen LogP contribution in [0.1, 0.15) is 63.9 Å². The number of rotatable bonds is 4. The number of anilines is 1. The van der Waals surface area contributed by atoms with Gasteiger partial charge in [0.25, 0.3) is 11.7 Å². The third kappa shape index (κ3) is 7.34. The summed E-state index contributed by atoms with van der Waals surface area (Å²) in [6.45, 7) is 11.3. The molecule has 7 N–H and O–H groups in total. The van der Waals surface area contributed by atoms with Gasteiger partial charge in [-0.05, 0) is 43.9 Å². The summed E-state index contributed by atoms with van der Waals surface area (Å²) in [7, 11) is 1.43. The number of carboxylic acid groups (broad SMARTS) is 1. The van der Waals surface area contributed by atoms with Crippen molar-refractivity contribution < 1.29 is 59.2 Å². The maximum Gasteiger partial charge on any atom is 0.312 e. The zero-order valence-electron chi connectivity index (χ0n) is 30.8. The van der Waals surface area contributed by atoms with Crippen LogP contribution in [0, 0.1) is 36.5 Å². The minimum absolute atomic E-state index is 0.0233. The Bertz CT molecular complexity index is 1840.